The average Bonchev–Trinajstić information content (AvgIpc) is 3.01. The number of fused-ring (bicyclic) bond motifs is 1. The molecule has 1 unspecified atom stereocenters. The fourth-order valence-corrected chi connectivity index (χ4v) is 5.92. The van der Waals surface area contributed by atoms with E-state index in [1.54, 1.807) is 6.07 Å². The van der Waals surface area contributed by atoms with Gasteiger partial charge in [-0.1, -0.05) is 38.4 Å². The molecule has 1 atom stereocenters. The lowest BCUT2D eigenvalue weighted by atomic mass is 9.91. The van der Waals surface area contributed by atoms with Crippen LogP contribution in [0.2, 0.25) is 5.02 Å². The van der Waals surface area contributed by atoms with Gasteiger partial charge in [-0.3, -0.25) is 9.59 Å². The molecule has 0 spiro atoms. The second kappa shape index (κ2) is 8.96. The second-order valence-corrected chi connectivity index (χ2v) is 9.96. The van der Waals surface area contributed by atoms with Crippen LogP contribution in [-0.2, 0) is 33.9 Å². The standard InChI is InChI=1S/C22H26ClN3O4S/c1-4-9-25-21(28)15-10-13-11-17(20(24)27)31(29,30)22(13)26-19(15)18-12(5-2)7-8-16(23)14(18)6-3/h7-8,10,17H,4-6,9,11H2,1-3H3,(H2,24,27)(H,25,28). The van der Waals surface area contributed by atoms with Crippen LogP contribution in [0.1, 0.15) is 54.2 Å². The van der Waals surface area contributed by atoms with Crippen LogP contribution in [-0.4, -0.2) is 37.0 Å². The van der Waals surface area contributed by atoms with Crippen LogP contribution >= 0.6 is 11.6 Å². The van der Waals surface area contributed by atoms with Gasteiger partial charge in [-0.25, -0.2) is 13.4 Å². The van der Waals surface area contributed by atoms with Gasteiger partial charge in [-0.15, -0.1) is 0 Å². The van der Waals surface area contributed by atoms with Gasteiger partial charge in [0.1, 0.15) is 5.25 Å². The van der Waals surface area contributed by atoms with E-state index in [-0.39, 0.29) is 28.6 Å². The third-order valence-corrected chi connectivity index (χ3v) is 7.92. The van der Waals surface area contributed by atoms with E-state index in [0.29, 0.717) is 35.5 Å². The molecule has 0 saturated heterocycles. The van der Waals surface area contributed by atoms with Crippen molar-refractivity contribution >= 4 is 33.3 Å². The molecule has 3 rings (SSSR count). The molecule has 9 heteroatoms. The van der Waals surface area contributed by atoms with Crippen molar-refractivity contribution in [2.24, 2.45) is 5.73 Å². The van der Waals surface area contributed by atoms with E-state index < -0.39 is 21.0 Å². The molecule has 0 saturated carbocycles. The summed E-state index contributed by atoms with van der Waals surface area (Å²) in [5.74, 6) is -1.28. The topological polar surface area (TPSA) is 119 Å². The maximum Gasteiger partial charge on any atom is 0.253 e. The number of nitrogens with zero attached hydrogens (tertiary/aromatic N) is 1. The van der Waals surface area contributed by atoms with Crippen molar-refractivity contribution in [2.45, 2.75) is 56.7 Å². The number of aromatic nitrogens is 1. The summed E-state index contributed by atoms with van der Waals surface area (Å²) in [6.07, 6.45) is 1.87. The lowest BCUT2D eigenvalue weighted by Gasteiger charge is -2.18. The third kappa shape index (κ3) is 4.06. The van der Waals surface area contributed by atoms with Gasteiger partial charge in [-0.2, -0.15) is 0 Å². The number of carbonyl (C=O) groups excluding carboxylic acids is 2. The molecular weight excluding hydrogens is 438 g/mol. The summed E-state index contributed by atoms with van der Waals surface area (Å²) < 4.78 is 25.9. The number of hydrogen-bond donors (Lipinski definition) is 2. The molecule has 0 aliphatic carbocycles. The predicted octanol–water partition coefficient (Wildman–Crippen LogP) is 2.85. The number of primary amides is 1. The van der Waals surface area contributed by atoms with Crippen LogP contribution in [0.5, 0.6) is 0 Å². The minimum atomic E-state index is -4.04. The van der Waals surface area contributed by atoms with Gasteiger partial charge < -0.3 is 11.1 Å². The summed E-state index contributed by atoms with van der Waals surface area (Å²) in [4.78, 5) is 29.3. The number of nitrogens with one attached hydrogen (secondary N) is 1. The summed E-state index contributed by atoms with van der Waals surface area (Å²) in [5.41, 5.74) is 8.55. The quantitative estimate of drug-likeness (QED) is 0.654. The Morgan fingerprint density at radius 1 is 1.23 bits per heavy atom. The summed E-state index contributed by atoms with van der Waals surface area (Å²) in [6, 6.07) is 5.19. The molecule has 1 aromatic carbocycles. The van der Waals surface area contributed by atoms with Gasteiger partial charge in [0, 0.05) is 23.6 Å². The van der Waals surface area contributed by atoms with Gasteiger partial charge in [-0.05, 0) is 48.1 Å². The van der Waals surface area contributed by atoms with Crippen LogP contribution in [0.4, 0.5) is 0 Å². The fourth-order valence-electron chi connectivity index (χ4n) is 3.93. The van der Waals surface area contributed by atoms with E-state index in [2.05, 4.69) is 10.3 Å². The number of halogens is 1. The van der Waals surface area contributed by atoms with Crippen LogP contribution < -0.4 is 11.1 Å². The number of rotatable bonds is 7. The Bertz CT molecular complexity index is 1160. The van der Waals surface area contributed by atoms with E-state index in [1.807, 2.05) is 26.8 Å². The zero-order valence-corrected chi connectivity index (χ0v) is 19.4. The lowest BCUT2D eigenvalue weighted by Crippen LogP contribution is -2.33. The molecule has 2 aromatic rings. The molecule has 7 nitrogen and oxygen atoms in total. The first-order chi connectivity index (χ1) is 14.7. The van der Waals surface area contributed by atoms with Gasteiger partial charge in [0.2, 0.25) is 15.7 Å². The average molecular weight is 464 g/mol. The first kappa shape index (κ1) is 23.2. The Kier molecular flexibility index (Phi) is 6.71. The van der Waals surface area contributed by atoms with Gasteiger partial charge >= 0.3 is 0 Å². The van der Waals surface area contributed by atoms with Crippen molar-refractivity contribution in [1.82, 2.24) is 10.3 Å². The lowest BCUT2D eigenvalue weighted by molar-refractivity contribution is -0.117. The minimum absolute atomic E-state index is 0.0921. The highest BCUT2D eigenvalue weighted by Gasteiger charge is 2.43. The number of amides is 2. The monoisotopic (exact) mass is 463 g/mol. The van der Waals surface area contributed by atoms with Crippen LogP contribution in [0, 0.1) is 0 Å². The van der Waals surface area contributed by atoms with Gasteiger partial charge in [0.25, 0.3) is 5.91 Å². The van der Waals surface area contributed by atoms with Crippen molar-refractivity contribution < 1.29 is 18.0 Å². The SMILES string of the molecule is CCCNC(=O)c1cc2c(nc1-c1c(CC)ccc(Cl)c1CC)S(=O)(=O)C(C(N)=O)C2. The van der Waals surface area contributed by atoms with Gasteiger partial charge in [0.05, 0.1) is 11.3 Å². The number of carbonyl (C=O) groups is 2. The molecular formula is C22H26ClN3O4S. The van der Waals surface area contributed by atoms with Crippen molar-refractivity contribution in [1.29, 1.82) is 0 Å². The highest BCUT2D eigenvalue weighted by atomic mass is 35.5. The van der Waals surface area contributed by atoms with Crippen LogP contribution in [0.3, 0.4) is 0 Å². The Morgan fingerprint density at radius 2 is 1.94 bits per heavy atom. The summed E-state index contributed by atoms with van der Waals surface area (Å²) in [5, 5.41) is 1.79. The molecule has 166 valence electrons. The smallest absolute Gasteiger partial charge is 0.253 e. The number of pyridine rings is 1. The second-order valence-electron chi connectivity index (χ2n) is 7.51. The van der Waals surface area contributed by atoms with Crippen LogP contribution in [0.25, 0.3) is 11.3 Å². The molecule has 3 N–H and O–H groups in total. The molecule has 0 bridgehead atoms. The normalized spacial score (nSPS) is 16.7. The maximum atomic E-state index is 13.0. The highest BCUT2D eigenvalue weighted by Crippen LogP contribution is 2.38. The minimum Gasteiger partial charge on any atom is -0.369 e. The Hall–Kier alpha value is -2.45. The Balaban J connectivity index is 2.36. The van der Waals surface area contributed by atoms with Gasteiger partial charge in [0.15, 0.2) is 5.03 Å². The largest absolute Gasteiger partial charge is 0.369 e. The van der Waals surface area contributed by atoms with Crippen molar-refractivity contribution in [3.8, 4) is 11.3 Å². The maximum absolute atomic E-state index is 13.0. The molecule has 1 aliphatic heterocycles. The number of aryl methyl sites for hydroxylation is 1. The van der Waals surface area contributed by atoms with E-state index in [1.165, 1.54) is 6.07 Å². The molecule has 0 fully saturated rings. The highest BCUT2D eigenvalue weighted by molar-refractivity contribution is 7.93. The van der Waals surface area contributed by atoms with E-state index >= 15 is 0 Å². The van der Waals surface area contributed by atoms with Crippen molar-refractivity contribution in [2.75, 3.05) is 6.54 Å². The molecule has 2 amide bonds. The Labute approximate surface area is 187 Å². The predicted molar refractivity (Wildman–Crippen MR) is 120 cm³/mol. The number of hydrogen-bond acceptors (Lipinski definition) is 5. The molecule has 1 aromatic heterocycles. The molecule has 31 heavy (non-hydrogen) atoms. The zero-order valence-electron chi connectivity index (χ0n) is 17.8. The fraction of sp³-hybridized carbons (Fsp3) is 0.409. The van der Waals surface area contributed by atoms with Crippen molar-refractivity contribution in [3.63, 3.8) is 0 Å². The van der Waals surface area contributed by atoms with Crippen LogP contribution in [0.15, 0.2) is 23.2 Å². The zero-order chi connectivity index (χ0) is 22.9. The number of benzene rings is 1. The number of nitrogens with two attached hydrogens (primary N) is 1. The van der Waals surface area contributed by atoms with Crippen molar-refractivity contribution in [3.05, 3.63) is 45.5 Å². The first-order valence-corrected chi connectivity index (χ1v) is 12.3. The first-order valence-electron chi connectivity index (χ1n) is 10.3. The molecule has 1 aliphatic rings. The third-order valence-electron chi connectivity index (χ3n) is 5.52. The summed E-state index contributed by atoms with van der Waals surface area (Å²) in [6.45, 7) is 6.31. The molecule has 2 heterocycles. The summed E-state index contributed by atoms with van der Waals surface area (Å²) in [7, 11) is -4.04. The van der Waals surface area contributed by atoms with E-state index in [0.717, 1.165) is 17.5 Å². The molecule has 0 radical (unpaired) electrons. The van der Waals surface area contributed by atoms with E-state index in [9.17, 15) is 18.0 Å². The summed E-state index contributed by atoms with van der Waals surface area (Å²) >= 11 is 6.45. The Morgan fingerprint density at radius 3 is 2.52 bits per heavy atom. The van der Waals surface area contributed by atoms with E-state index in [4.69, 9.17) is 17.3 Å². The number of sulfone groups is 1.